The van der Waals surface area contributed by atoms with Gasteiger partial charge >= 0.3 is 5.97 Å². The lowest BCUT2D eigenvalue weighted by atomic mass is 9.88. The Kier molecular flexibility index (Phi) is 5.03. The Labute approximate surface area is 113 Å². The molecule has 5 heteroatoms. The smallest absolute Gasteiger partial charge is 0.326 e. The lowest BCUT2D eigenvalue weighted by Gasteiger charge is -2.21. The maximum absolute atomic E-state index is 11.9. The molecule has 0 aliphatic rings. The number of carboxylic acids is 1. The number of nitrogens with one attached hydrogen (secondary N) is 1. The third kappa shape index (κ3) is 5.50. The third-order valence-electron chi connectivity index (χ3n) is 2.71. The van der Waals surface area contributed by atoms with Crippen molar-refractivity contribution in [1.29, 1.82) is 0 Å². The molecular formula is C14H20N2O3. The maximum Gasteiger partial charge on any atom is 0.326 e. The van der Waals surface area contributed by atoms with Crippen molar-refractivity contribution in [2.45, 2.75) is 39.7 Å². The molecule has 0 aliphatic heterocycles. The van der Waals surface area contributed by atoms with Crippen molar-refractivity contribution in [2.24, 2.45) is 5.41 Å². The number of carbonyl (C=O) groups is 2. The van der Waals surface area contributed by atoms with Gasteiger partial charge in [-0.2, -0.15) is 0 Å². The van der Waals surface area contributed by atoms with E-state index in [0.29, 0.717) is 12.0 Å². The fraction of sp³-hybridized carbons (Fsp3) is 0.500. The van der Waals surface area contributed by atoms with Crippen molar-refractivity contribution < 1.29 is 14.7 Å². The molecular weight excluding hydrogens is 244 g/mol. The van der Waals surface area contributed by atoms with Crippen molar-refractivity contribution >= 4 is 11.9 Å². The van der Waals surface area contributed by atoms with Crippen LogP contribution in [0.15, 0.2) is 24.5 Å². The van der Waals surface area contributed by atoms with Crippen LogP contribution >= 0.6 is 0 Å². The van der Waals surface area contributed by atoms with Gasteiger partial charge in [0.05, 0.1) is 5.56 Å². The minimum Gasteiger partial charge on any atom is -0.480 e. The highest BCUT2D eigenvalue weighted by Gasteiger charge is 2.23. The summed E-state index contributed by atoms with van der Waals surface area (Å²) < 4.78 is 0. The lowest BCUT2D eigenvalue weighted by molar-refractivity contribution is -0.139. The van der Waals surface area contributed by atoms with E-state index in [4.69, 9.17) is 5.11 Å². The number of nitrogens with zero attached hydrogens (tertiary/aromatic N) is 1. The summed E-state index contributed by atoms with van der Waals surface area (Å²) >= 11 is 0. The Morgan fingerprint density at radius 3 is 2.58 bits per heavy atom. The first-order valence-electron chi connectivity index (χ1n) is 6.23. The highest BCUT2D eigenvalue weighted by molar-refractivity contribution is 5.96. The molecule has 1 aromatic heterocycles. The number of pyridine rings is 1. The van der Waals surface area contributed by atoms with Gasteiger partial charge in [0.25, 0.3) is 5.91 Å². The zero-order chi connectivity index (χ0) is 14.5. The van der Waals surface area contributed by atoms with Gasteiger partial charge in [0.1, 0.15) is 6.04 Å². The predicted molar refractivity (Wildman–Crippen MR) is 71.8 cm³/mol. The topological polar surface area (TPSA) is 79.3 Å². The van der Waals surface area contributed by atoms with Crippen LogP contribution in [0.25, 0.3) is 0 Å². The van der Waals surface area contributed by atoms with E-state index in [9.17, 15) is 9.59 Å². The molecule has 0 bridgehead atoms. The highest BCUT2D eigenvalue weighted by Crippen LogP contribution is 2.21. The van der Waals surface area contributed by atoms with E-state index >= 15 is 0 Å². The third-order valence-corrected chi connectivity index (χ3v) is 2.71. The van der Waals surface area contributed by atoms with Gasteiger partial charge in [-0.3, -0.25) is 9.78 Å². The normalized spacial score (nSPS) is 12.8. The van der Waals surface area contributed by atoms with E-state index in [1.807, 2.05) is 20.8 Å². The van der Waals surface area contributed by atoms with Gasteiger partial charge in [0.2, 0.25) is 0 Å². The van der Waals surface area contributed by atoms with Gasteiger partial charge in [0, 0.05) is 12.4 Å². The van der Waals surface area contributed by atoms with E-state index in [1.54, 1.807) is 18.3 Å². The van der Waals surface area contributed by atoms with E-state index < -0.39 is 17.9 Å². The van der Waals surface area contributed by atoms with Crippen LogP contribution < -0.4 is 5.32 Å². The summed E-state index contributed by atoms with van der Waals surface area (Å²) in [6.45, 7) is 6.11. The molecule has 0 fully saturated rings. The molecule has 1 heterocycles. The number of rotatable bonds is 5. The summed E-state index contributed by atoms with van der Waals surface area (Å²) in [7, 11) is 0. The van der Waals surface area contributed by atoms with E-state index in [2.05, 4.69) is 10.3 Å². The first-order valence-corrected chi connectivity index (χ1v) is 6.23. The minimum absolute atomic E-state index is 0.0345. The molecule has 1 atom stereocenters. The van der Waals surface area contributed by atoms with Gasteiger partial charge < -0.3 is 10.4 Å². The lowest BCUT2D eigenvalue weighted by Crippen LogP contribution is -2.41. The summed E-state index contributed by atoms with van der Waals surface area (Å²) in [6, 6.07) is 2.37. The molecule has 0 saturated heterocycles. The van der Waals surface area contributed by atoms with E-state index in [1.165, 1.54) is 6.20 Å². The number of carbonyl (C=O) groups excluding carboxylic acids is 1. The maximum atomic E-state index is 11.9. The van der Waals surface area contributed by atoms with Gasteiger partial charge in [-0.05, 0) is 30.4 Å². The molecule has 0 radical (unpaired) electrons. The van der Waals surface area contributed by atoms with Gasteiger partial charge in [-0.15, -0.1) is 0 Å². The van der Waals surface area contributed by atoms with Crippen LogP contribution in [0.3, 0.4) is 0 Å². The Morgan fingerprint density at radius 1 is 1.42 bits per heavy atom. The molecule has 0 spiro atoms. The fourth-order valence-electron chi connectivity index (χ4n) is 1.57. The molecule has 1 amide bonds. The first kappa shape index (κ1) is 15.1. The number of amides is 1. The van der Waals surface area contributed by atoms with Crippen molar-refractivity contribution in [3.05, 3.63) is 30.1 Å². The number of hydrogen-bond donors (Lipinski definition) is 2. The summed E-state index contributed by atoms with van der Waals surface area (Å²) in [5, 5.41) is 11.7. The molecule has 2 N–H and O–H groups in total. The Bertz CT molecular complexity index is 438. The first-order chi connectivity index (χ1) is 8.79. The molecule has 0 aromatic carbocycles. The molecule has 5 nitrogen and oxygen atoms in total. The van der Waals surface area contributed by atoms with Crippen molar-refractivity contribution in [1.82, 2.24) is 10.3 Å². The fourth-order valence-corrected chi connectivity index (χ4v) is 1.57. The number of aliphatic carboxylic acids is 1. The molecule has 19 heavy (non-hydrogen) atoms. The average molecular weight is 264 g/mol. The number of aromatic nitrogens is 1. The molecule has 0 saturated carbocycles. The van der Waals surface area contributed by atoms with Gasteiger partial charge in [-0.25, -0.2) is 4.79 Å². The zero-order valence-corrected chi connectivity index (χ0v) is 11.5. The second-order valence-corrected chi connectivity index (χ2v) is 5.71. The Balaban J connectivity index is 2.64. The highest BCUT2D eigenvalue weighted by atomic mass is 16.4. The molecule has 1 rings (SSSR count). The Morgan fingerprint density at radius 2 is 2.11 bits per heavy atom. The van der Waals surface area contributed by atoms with Crippen molar-refractivity contribution in [3.8, 4) is 0 Å². The quantitative estimate of drug-likeness (QED) is 0.853. The largest absolute Gasteiger partial charge is 0.480 e. The molecule has 104 valence electrons. The van der Waals surface area contributed by atoms with Crippen LogP contribution in [0, 0.1) is 5.41 Å². The minimum atomic E-state index is -1.01. The molecule has 0 aliphatic carbocycles. The van der Waals surface area contributed by atoms with Crippen LogP contribution in [-0.4, -0.2) is 28.0 Å². The summed E-state index contributed by atoms with van der Waals surface area (Å²) in [4.78, 5) is 26.9. The second kappa shape index (κ2) is 6.31. The summed E-state index contributed by atoms with van der Waals surface area (Å²) in [5.41, 5.74) is 0.400. The Hall–Kier alpha value is -1.91. The van der Waals surface area contributed by atoms with Crippen LogP contribution in [-0.2, 0) is 4.79 Å². The zero-order valence-electron chi connectivity index (χ0n) is 11.5. The van der Waals surface area contributed by atoms with Crippen LogP contribution in [0.5, 0.6) is 0 Å². The van der Waals surface area contributed by atoms with Gasteiger partial charge in [0.15, 0.2) is 0 Å². The van der Waals surface area contributed by atoms with Crippen LogP contribution in [0.1, 0.15) is 44.0 Å². The standard InChI is InChI=1S/C14H20N2O3/c1-14(2,3)7-6-11(13(18)19)16-12(17)10-5-4-8-15-9-10/h4-5,8-9,11H,6-7H2,1-3H3,(H,16,17)(H,18,19). The molecule has 1 aromatic rings. The monoisotopic (exact) mass is 264 g/mol. The van der Waals surface area contributed by atoms with Crippen molar-refractivity contribution in [2.75, 3.05) is 0 Å². The second-order valence-electron chi connectivity index (χ2n) is 5.71. The summed E-state index contributed by atoms with van der Waals surface area (Å²) in [5.74, 6) is -1.42. The van der Waals surface area contributed by atoms with E-state index in [-0.39, 0.29) is 5.41 Å². The molecule has 1 unspecified atom stereocenters. The van der Waals surface area contributed by atoms with E-state index in [0.717, 1.165) is 6.42 Å². The van der Waals surface area contributed by atoms with Crippen LogP contribution in [0.2, 0.25) is 0 Å². The predicted octanol–water partition coefficient (Wildman–Crippen LogP) is 2.09. The SMILES string of the molecule is CC(C)(C)CCC(NC(=O)c1cccnc1)C(=O)O. The average Bonchev–Trinajstić information content (AvgIpc) is 2.33. The van der Waals surface area contributed by atoms with Gasteiger partial charge in [-0.1, -0.05) is 20.8 Å². The van der Waals surface area contributed by atoms with Crippen molar-refractivity contribution in [3.63, 3.8) is 0 Å². The number of carboxylic acid groups (broad SMARTS) is 1. The van der Waals surface area contributed by atoms with Crippen LogP contribution in [0.4, 0.5) is 0 Å². The summed E-state index contributed by atoms with van der Waals surface area (Å²) in [6.07, 6.45) is 4.10. The number of hydrogen-bond acceptors (Lipinski definition) is 3.